The molecule has 0 aliphatic rings. The van der Waals surface area contributed by atoms with Crippen LogP contribution in [-0.2, 0) is 11.3 Å². The van der Waals surface area contributed by atoms with Crippen LogP contribution >= 0.6 is 0 Å². The van der Waals surface area contributed by atoms with Gasteiger partial charge in [-0.3, -0.25) is 9.36 Å². The van der Waals surface area contributed by atoms with Gasteiger partial charge in [-0.2, -0.15) is 4.98 Å². The number of amides is 1. The summed E-state index contributed by atoms with van der Waals surface area (Å²) in [5.74, 6) is 0.250. The Morgan fingerprint density at radius 1 is 1.38 bits per heavy atom. The molecule has 0 fully saturated rings. The third-order valence-electron chi connectivity index (χ3n) is 2.69. The number of aldehydes is 1. The van der Waals surface area contributed by atoms with Gasteiger partial charge in [0, 0.05) is 17.5 Å². The van der Waals surface area contributed by atoms with Crippen LogP contribution in [0.4, 0.5) is 4.79 Å². The van der Waals surface area contributed by atoms with Crippen LogP contribution < -0.4 is 15.6 Å². The van der Waals surface area contributed by atoms with E-state index in [1.807, 2.05) is 0 Å². The molecule has 0 saturated carbocycles. The summed E-state index contributed by atoms with van der Waals surface area (Å²) < 4.78 is 6.54. The quantitative estimate of drug-likeness (QED) is 0.582. The number of aromatic nitrogens is 2. The number of carboxylic acid groups (broad SMARTS) is 1. The summed E-state index contributed by atoms with van der Waals surface area (Å²) in [6.07, 6.45) is -0.516. The first kappa shape index (κ1) is 14.5. The molecule has 2 aromatic rings. The SMILES string of the molecule is O=CCn1c(=O)ccc2ccc(OCCNC(=O)O)nc21. The van der Waals surface area contributed by atoms with Crippen LogP contribution in [0.2, 0.25) is 0 Å². The Morgan fingerprint density at radius 3 is 2.86 bits per heavy atom. The summed E-state index contributed by atoms with van der Waals surface area (Å²) in [5.41, 5.74) is 0.0186. The van der Waals surface area contributed by atoms with Crippen molar-refractivity contribution < 1.29 is 19.4 Å². The Kier molecular flexibility index (Phi) is 4.50. The van der Waals surface area contributed by atoms with E-state index in [4.69, 9.17) is 9.84 Å². The van der Waals surface area contributed by atoms with Gasteiger partial charge < -0.3 is 20.0 Å². The fourth-order valence-corrected chi connectivity index (χ4v) is 1.79. The predicted molar refractivity (Wildman–Crippen MR) is 73.6 cm³/mol. The molecule has 21 heavy (non-hydrogen) atoms. The van der Waals surface area contributed by atoms with E-state index in [9.17, 15) is 14.4 Å². The summed E-state index contributed by atoms with van der Waals surface area (Å²) in [6, 6.07) is 6.30. The lowest BCUT2D eigenvalue weighted by molar-refractivity contribution is -0.108. The zero-order chi connectivity index (χ0) is 15.2. The number of nitrogens with zero attached hydrogens (tertiary/aromatic N) is 2. The van der Waals surface area contributed by atoms with Gasteiger partial charge in [0.2, 0.25) is 5.88 Å². The Morgan fingerprint density at radius 2 is 2.14 bits per heavy atom. The maximum atomic E-state index is 11.7. The molecule has 2 N–H and O–H groups in total. The van der Waals surface area contributed by atoms with Crippen molar-refractivity contribution in [1.82, 2.24) is 14.9 Å². The number of carbonyl (C=O) groups excluding carboxylic acids is 1. The monoisotopic (exact) mass is 291 g/mol. The lowest BCUT2D eigenvalue weighted by Crippen LogP contribution is -2.26. The number of hydrogen-bond donors (Lipinski definition) is 2. The molecule has 8 nitrogen and oxygen atoms in total. The summed E-state index contributed by atoms with van der Waals surface area (Å²) in [5, 5.41) is 11.3. The summed E-state index contributed by atoms with van der Waals surface area (Å²) in [7, 11) is 0. The maximum Gasteiger partial charge on any atom is 0.404 e. The second-order valence-electron chi connectivity index (χ2n) is 4.09. The van der Waals surface area contributed by atoms with Gasteiger partial charge in [-0.05, 0) is 12.1 Å². The van der Waals surface area contributed by atoms with E-state index in [-0.39, 0.29) is 31.1 Å². The molecule has 0 atom stereocenters. The first-order valence-electron chi connectivity index (χ1n) is 6.15. The Labute approximate surface area is 119 Å². The van der Waals surface area contributed by atoms with E-state index in [1.165, 1.54) is 10.6 Å². The first-order valence-corrected chi connectivity index (χ1v) is 6.15. The normalized spacial score (nSPS) is 10.3. The van der Waals surface area contributed by atoms with Crippen molar-refractivity contribution in [2.75, 3.05) is 13.2 Å². The Balaban J connectivity index is 2.23. The molecule has 110 valence electrons. The second-order valence-corrected chi connectivity index (χ2v) is 4.09. The number of pyridine rings is 2. The van der Waals surface area contributed by atoms with E-state index in [2.05, 4.69) is 10.3 Å². The van der Waals surface area contributed by atoms with Gasteiger partial charge >= 0.3 is 6.09 Å². The molecule has 0 radical (unpaired) electrons. The molecule has 0 unspecified atom stereocenters. The number of fused-ring (bicyclic) bond motifs is 1. The molecule has 2 heterocycles. The summed E-state index contributed by atoms with van der Waals surface area (Å²) >= 11 is 0. The zero-order valence-corrected chi connectivity index (χ0v) is 11.0. The second kappa shape index (κ2) is 6.51. The lowest BCUT2D eigenvalue weighted by Gasteiger charge is -2.09. The van der Waals surface area contributed by atoms with E-state index in [0.717, 1.165) is 0 Å². The summed E-state index contributed by atoms with van der Waals surface area (Å²) in [6.45, 7) is 0.133. The smallest absolute Gasteiger partial charge is 0.404 e. The number of ether oxygens (including phenoxy) is 1. The fraction of sp³-hybridized carbons (Fsp3) is 0.231. The van der Waals surface area contributed by atoms with Crippen molar-refractivity contribution in [3.05, 3.63) is 34.6 Å². The molecule has 8 heteroatoms. The molecule has 0 saturated heterocycles. The van der Waals surface area contributed by atoms with Gasteiger partial charge in [-0.15, -0.1) is 0 Å². The van der Waals surface area contributed by atoms with Crippen LogP contribution in [0.1, 0.15) is 0 Å². The molecule has 0 bridgehead atoms. The molecule has 1 amide bonds. The molecular formula is C13H13N3O5. The lowest BCUT2D eigenvalue weighted by atomic mass is 10.3. The van der Waals surface area contributed by atoms with Gasteiger partial charge in [0.05, 0.1) is 13.1 Å². The van der Waals surface area contributed by atoms with E-state index in [1.54, 1.807) is 18.2 Å². The number of carbonyl (C=O) groups is 2. The highest BCUT2D eigenvalue weighted by Crippen LogP contribution is 2.14. The largest absolute Gasteiger partial charge is 0.476 e. The van der Waals surface area contributed by atoms with Crippen molar-refractivity contribution in [2.45, 2.75) is 6.54 Å². The Hall–Kier alpha value is -2.90. The van der Waals surface area contributed by atoms with Crippen molar-refractivity contribution >= 4 is 23.4 Å². The molecule has 0 aromatic carbocycles. The maximum absolute atomic E-state index is 11.7. The highest BCUT2D eigenvalue weighted by Gasteiger charge is 2.06. The van der Waals surface area contributed by atoms with Gasteiger partial charge in [0.1, 0.15) is 18.5 Å². The standard InChI is InChI=1S/C13H13N3O5/c17-7-6-16-11(18)4-2-9-1-3-10(15-12(9)16)21-8-5-14-13(19)20/h1-4,7,14H,5-6,8H2,(H,19,20). The van der Waals surface area contributed by atoms with Crippen LogP contribution in [0.25, 0.3) is 11.0 Å². The summed E-state index contributed by atoms with van der Waals surface area (Å²) in [4.78, 5) is 36.8. The molecule has 2 aromatic heterocycles. The van der Waals surface area contributed by atoms with E-state index >= 15 is 0 Å². The Bertz CT molecular complexity index is 725. The van der Waals surface area contributed by atoms with Crippen LogP contribution in [0, 0.1) is 0 Å². The average Bonchev–Trinajstić information content (AvgIpc) is 2.46. The van der Waals surface area contributed by atoms with Gasteiger partial charge in [0.25, 0.3) is 5.56 Å². The number of rotatable bonds is 6. The minimum atomic E-state index is -1.13. The zero-order valence-electron chi connectivity index (χ0n) is 11.0. The van der Waals surface area contributed by atoms with Gasteiger partial charge in [-0.25, -0.2) is 4.79 Å². The molecule has 0 aliphatic carbocycles. The highest BCUT2D eigenvalue weighted by atomic mass is 16.5. The van der Waals surface area contributed by atoms with E-state index < -0.39 is 6.09 Å². The van der Waals surface area contributed by atoms with Gasteiger partial charge in [-0.1, -0.05) is 0 Å². The third kappa shape index (κ3) is 3.56. The van der Waals surface area contributed by atoms with Crippen LogP contribution in [0.3, 0.4) is 0 Å². The van der Waals surface area contributed by atoms with Crippen molar-refractivity contribution in [3.63, 3.8) is 0 Å². The van der Waals surface area contributed by atoms with Crippen LogP contribution in [-0.4, -0.2) is 40.2 Å². The topological polar surface area (TPSA) is 111 Å². The van der Waals surface area contributed by atoms with Crippen LogP contribution in [0.15, 0.2) is 29.1 Å². The van der Waals surface area contributed by atoms with E-state index in [0.29, 0.717) is 17.3 Å². The van der Waals surface area contributed by atoms with Crippen molar-refractivity contribution in [1.29, 1.82) is 0 Å². The molecule has 0 spiro atoms. The average molecular weight is 291 g/mol. The minimum Gasteiger partial charge on any atom is -0.476 e. The molecule has 2 rings (SSSR count). The molecular weight excluding hydrogens is 278 g/mol. The van der Waals surface area contributed by atoms with Crippen LogP contribution in [0.5, 0.6) is 5.88 Å². The predicted octanol–water partition coefficient (Wildman–Crippen LogP) is 0.242. The van der Waals surface area contributed by atoms with Gasteiger partial charge in [0.15, 0.2) is 0 Å². The minimum absolute atomic E-state index is 0.0901. The third-order valence-corrected chi connectivity index (χ3v) is 2.69. The number of hydrogen-bond acceptors (Lipinski definition) is 5. The molecule has 0 aliphatic heterocycles. The van der Waals surface area contributed by atoms with Crippen molar-refractivity contribution in [2.24, 2.45) is 0 Å². The van der Waals surface area contributed by atoms with Crippen molar-refractivity contribution in [3.8, 4) is 5.88 Å². The number of nitrogens with one attached hydrogen (secondary N) is 1. The first-order chi connectivity index (χ1) is 10.1. The highest BCUT2D eigenvalue weighted by molar-refractivity contribution is 5.76. The fourth-order valence-electron chi connectivity index (χ4n) is 1.79.